The van der Waals surface area contributed by atoms with Crippen LogP contribution >= 0.6 is 0 Å². The van der Waals surface area contributed by atoms with Crippen LogP contribution in [0.25, 0.3) is 0 Å². The zero-order chi connectivity index (χ0) is 24.0. The third-order valence-corrected chi connectivity index (χ3v) is 5.86. The van der Waals surface area contributed by atoms with E-state index >= 15 is 0 Å². The van der Waals surface area contributed by atoms with Crippen molar-refractivity contribution in [2.24, 2.45) is 0 Å². The monoisotopic (exact) mass is 460 g/mol. The Hall–Kier alpha value is -3.04. The molecule has 0 spiro atoms. The van der Waals surface area contributed by atoms with Gasteiger partial charge in [0.25, 0.3) is 0 Å². The standard InChI is InChI=1S/C24H32N2O7/c1-15-20(23(27)30-4)22(21(16(2)25-15)24(28)31-5)17-6-7-18(19(14-17)29-3)33-13-10-26-8-11-32-12-9-26/h6-7,14,22,25H,8-13H2,1-5H3. The molecule has 0 radical (unpaired) electrons. The number of esters is 2. The van der Waals surface area contributed by atoms with Crippen LogP contribution in [0.2, 0.25) is 0 Å². The Kier molecular flexibility index (Phi) is 8.35. The maximum absolute atomic E-state index is 12.7. The Balaban J connectivity index is 1.91. The van der Waals surface area contributed by atoms with E-state index in [0.29, 0.717) is 46.2 Å². The normalized spacial score (nSPS) is 17.5. The molecule has 3 rings (SSSR count). The van der Waals surface area contributed by atoms with Gasteiger partial charge in [0.05, 0.1) is 51.6 Å². The summed E-state index contributed by atoms with van der Waals surface area (Å²) >= 11 is 0. The van der Waals surface area contributed by atoms with E-state index in [-0.39, 0.29) is 0 Å². The summed E-state index contributed by atoms with van der Waals surface area (Å²) in [4.78, 5) is 27.6. The number of benzene rings is 1. The number of carbonyl (C=O) groups is 2. The molecule has 0 saturated carbocycles. The molecule has 0 amide bonds. The molecule has 1 fully saturated rings. The van der Waals surface area contributed by atoms with Crippen LogP contribution in [0.3, 0.4) is 0 Å². The van der Waals surface area contributed by atoms with Crippen LogP contribution in [0.1, 0.15) is 25.3 Å². The van der Waals surface area contributed by atoms with Gasteiger partial charge in [-0.15, -0.1) is 0 Å². The number of carbonyl (C=O) groups excluding carboxylic acids is 2. The minimum atomic E-state index is -0.678. The van der Waals surface area contributed by atoms with Crippen LogP contribution in [-0.2, 0) is 23.8 Å². The number of methoxy groups -OCH3 is 3. The molecule has 2 aliphatic heterocycles. The maximum Gasteiger partial charge on any atom is 0.336 e. The lowest BCUT2D eigenvalue weighted by atomic mass is 9.80. The molecule has 1 aromatic carbocycles. The summed E-state index contributed by atoms with van der Waals surface area (Å²) in [5.41, 5.74) is 2.59. The molecule has 1 saturated heterocycles. The van der Waals surface area contributed by atoms with Gasteiger partial charge in [-0.1, -0.05) is 6.07 Å². The number of nitrogens with one attached hydrogen (secondary N) is 1. The first kappa shape index (κ1) is 24.6. The van der Waals surface area contributed by atoms with E-state index in [2.05, 4.69) is 10.2 Å². The molecule has 1 N–H and O–H groups in total. The van der Waals surface area contributed by atoms with Crippen molar-refractivity contribution in [2.45, 2.75) is 19.8 Å². The van der Waals surface area contributed by atoms with Crippen LogP contribution in [0.15, 0.2) is 40.7 Å². The van der Waals surface area contributed by atoms with E-state index in [9.17, 15) is 9.59 Å². The van der Waals surface area contributed by atoms with Gasteiger partial charge in [0, 0.05) is 31.0 Å². The summed E-state index contributed by atoms with van der Waals surface area (Å²) in [6, 6.07) is 5.41. The average molecular weight is 461 g/mol. The second-order valence-corrected chi connectivity index (χ2v) is 7.83. The molecule has 2 heterocycles. The second-order valence-electron chi connectivity index (χ2n) is 7.83. The molecule has 180 valence electrons. The summed E-state index contributed by atoms with van der Waals surface area (Å²) in [7, 11) is 4.18. The van der Waals surface area contributed by atoms with Crippen molar-refractivity contribution in [1.82, 2.24) is 10.2 Å². The number of ether oxygens (including phenoxy) is 5. The fourth-order valence-corrected chi connectivity index (χ4v) is 4.18. The summed E-state index contributed by atoms with van der Waals surface area (Å²) in [5.74, 6) is -0.629. The fraction of sp³-hybridized carbons (Fsp3) is 0.500. The molecule has 0 aliphatic carbocycles. The highest BCUT2D eigenvalue weighted by Gasteiger charge is 2.38. The molecular formula is C24H32N2O7. The Morgan fingerprint density at radius 2 is 1.61 bits per heavy atom. The number of nitrogens with zero attached hydrogens (tertiary/aromatic N) is 1. The Labute approximate surface area is 194 Å². The molecule has 33 heavy (non-hydrogen) atoms. The number of rotatable bonds is 8. The Bertz CT molecular complexity index is 910. The molecular weight excluding hydrogens is 428 g/mol. The van der Waals surface area contributed by atoms with E-state index in [4.69, 9.17) is 23.7 Å². The van der Waals surface area contributed by atoms with Gasteiger partial charge in [-0.3, -0.25) is 4.90 Å². The lowest BCUT2D eigenvalue weighted by Crippen LogP contribution is -2.38. The van der Waals surface area contributed by atoms with Crippen molar-refractivity contribution in [3.63, 3.8) is 0 Å². The van der Waals surface area contributed by atoms with Crippen LogP contribution in [0.5, 0.6) is 11.5 Å². The predicted octanol–water partition coefficient (Wildman–Crippen LogP) is 1.99. The minimum Gasteiger partial charge on any atom is -0.493 e. The van der Waals surface area contributed by atoms with Crippen molar-refractivity contribution in [1.29, 1.82) is 0 Å². The molecule has 2 aliphatic rings. The van der Waals surface area contributed by atoms with Gasteiger partial charge in [-0.2, -0.15) is 0 Å². The third-order valence-electron chi connectivity index (χ3n) is 5.86. The number of dihydropyridines is 1. The summed E-state index contributed by atoms with van der Waals surface area (Å²) in [5, 5.41) is 3.10. The average Bonchev–Trinajstić information content (AvgIpc) is 2.83. The van der Waals surface area contributed by atoms with Crippen LogP contribution in [-0.4, -0.2) is 77.6 Å². The zero-order valence-electron chi connectivity index (χ0n) is 19.9. The number of hydrogen-bond donors (Lipinski definition) is 1. The molecule has 0 atom stereocenters. The van der Waals surface area contributed by atoms with E-state index in [1.807, 2.05) is 6.07 Å². The topological polar surface area (TPSA) is 95.6 Å². The van der Waals surface area contributed by atoms with Gasteiger partial charge in [0.1, 0.15) is 6.61 Å². The van der Waals surface area contributed by atoms with Crippen LogP contribution in [0.4, 0.5) is 0 Å². The van der Waals surface area contributed by atoms with Crippen molar-refractivity contribution < 1.29 is 33.3 Å². The zero-order valence-corrected chi connectivity index (χ0v) is 19.9. The first-order valence-corrected chi connectivity index (χ1v) is 10.9. The lowest BCUT2D eigenvalue weighted by Gasteiger charge is -2.30. The maximum atomic E-state index is 12.7. The van der Waals surface area contributed by atoms with E-state index in [0.717, 1.165) is 32.8 Å². The van der Waals surface area contributed by atoms with Gasteiger partial charge in [0.15, 0.2) is 11.5 Å². The first-order valence-electron chi connectivity index (χ1n) is 10.9. The van der Waals surface area contributed by atoms with Crippen molar-refractivity contribution in [2.75, 3.05) is 60.8 Å². The van der Waals surface area contributed by atoms with E-state index in [1.54, 1.807) is 33.1 Å². The lowest BCUT2D eigenvalue weighted by molar-refractivity contribution is -0.137. The quantitative estimate of drug-likeness (QED) is 0.584. The molecule has 0 bridgehead atoms. The van der Waals surface area contributed by atoms with Gasteiger partial charge < -0.3 is 29.0 Å². The van der Waals surface area contributed by atoms with Gasteiger partial charge >= 0.3 is 11.9 Å². The summed E-state index contributed by atoms with van der Waals surface area (Å²) in [6.45, 7) is 8.08. The van der Waals surface area contributed by atoms with Crippen molar-refractivity contribution in [3.05, 3.63) is 46.3 Å². The Morgan fingerprint density at radius 1 is 1.00 bits per heavy atom. The first-order chi connectivity index (χ1) is 15.9. The number of morpholine rings is 1. The smallest absolute Gasteiger partial charge is 0.336 e. The fourth-order valence-electron chi connectivity index (χ4n) is 4.18. The highest BCUT2D eigenvalue weighted by atomic mass is 16.5. The second kappa shape index (κ2) is 11.2. The van der Waals surface area contributed by atoms with Crippen LogP contribution < -0.4 is 14.8 Å². The molecule has 0 unspecified atom stereocenters. The SMILES string of the molecule is COC(=O)C1=C(C)NC(C)=C(C(=O)OC)C1c1ccc(OCCN2CCOCC2)c(OC)c1. The van der Waals surface area contributed by atoms with Crippen molar-refractivity contribution in [3.8, 4) is 11.5 Å². The van der Waals surface area contributed by atoms with Gasteiger partial charge in [0.2, 0.25) is 0 Å². The number of allylic oxidation sites excluding steroid dienone is 2. The highest BCUT2D eigenvalue weighted by Crippen LogP contribution is 2.41. The molecule has 0 aromatic heterocycles. The molecule has 9 nitrogen and oxygen atoms in total. The third kappa shape index (κ3) is 5.48. The van der Waals surface area contributed by atoms with Crippen molar-refractivity contribution >= 4 is 11.9 Å². The summed E-state index contributed by atoms with van der Waals surface area (Å²) < 4.78 is 27.0. The van der Waals surface area contributed by atoms with Gasteiger partial charge in [-0.25, -0.2) is 9.59 Å². The van der Waals surface area contributed by atoms with E-state index < -0.39 is 17.9 Å². The van der Waals surface area contributed by atoms with Gasteiger partial charge in [-0.05, 0) is 31.5 Å². The highest BCUT2D eigenvalue weighted by molar-refractivity contribution is 5.99. The molecule has 9 heteroatoms. The molecule has 1 aromatic rings. The Morgan fingerprint density at radius 3 is 2.15 bits per heavy atom. The van der Waals surface area contributed by atoms with Crippen LogP contribution in [0, 0.1) is 0 Å². The number of hydrogen-bond acceptors (Lipinski definition) is 9. The minimum absolute atomic E-state index is 0.339. The predicted molar refractivity (Wildman–Crippen MR) is 121 cm³/mol. The summed E-state index contributed by atoms with van der Waals surface area (Å²) in [6.07, 6.45) is 0. The largest absolute Gasteiger partial charge is 0.493 e. The van der Waals surface area contributed by atoms with E-state index in [1.165, 1.54) is 14.2 Å².